The second-order valence-electron chi connectivity index (χ2n) is 3.74. The number of allylic oxidation sites excluding steroid dienone is 2. The van der Waals surface area contributed by atoms with Gasteiger partial charge in [0.1, 0.15) is 0 Å². The van der Waals surface area contributed by atoms with Crippen LogP contribution >= 0.6 is 0 Å². The van der Waals surface area contributed by atoms with Crippen LogP contribution in [0, 0.1) is 17.2 Å². The number of aromatic nitrogens is 2. The van der Waals surface area contributed by atoms with E-state index in [9.17, 15) is 4.79 Å². The Morgan fingerprint density at radius 2 is 2.18 bits per heavy atom. The number of nitriles is 1. The first-order valence-corrected chi connectivity index (χ1v) is 5.25. The summed E-state index contributed by atoms with van der Waals surface area (Å²) < 4.78 is 4.86. The van der Waals surface area contributed by atoms with Crippen molar-refractivity contribution in [2.75, 3.05) is 7.11 Å². The van der Waals surface area contributed by atoms with Crippen LogP contribution in [0.4, 0.5) is 0 Å². The number of hydrogen-bond donors (Lipinski definition) is 0. The highest BCUT2D eigenvalue weighted by Crippen LogP contribution is 2.30. The van der Waals surface area contributed by atoms with Gasteiger partial charge in [-0.2, -0.15) is 5.26 Å². The van der Waals surface area contributed by atoms with E-state index in [-0.39, 0.29) is 17.7 Å². The number of rotatable bonds is 2. The molecule has 1 aliphatic carbocycles. The van der Waals surface area contributed by atoms with Gasteiger partial charge in [-0.25, -0.2) is 9.97 Å². The van der Waals surface area contributed by atoms with E-state index in [0.29, 0.717) is 24.0 Å². The molecule has 1 unspecified atom stereocenters. The molecule has 0 saturated carbocycles. The van der Waals surface area contributed by atoms with E-state index in [0.717, 1.165) is 0 Å². The molecule has 1 atom stereocenters. The normalized spacial score (nSPS) is 19.4. The maximum absolute atomic E-state index is 11.4. The van der Waals surface area contributed by atoms with Gasteiger partial charge in [0.25, 0.3) is 0 Å². The lowest BCUT2D eigenvalue weighted by Crippen LogP contribution is -2.12. The average Bonchev–Trinajstić information content (AvgIpc) is 2.39. The first-order chi connectivity index (χ1) is 8.24. The molecule has 2 rings (SSSR count). The van der Waals surface area contributed by atoms with E-state index in [4.69, 9.17) is 10.00 Å². The standard InChI is InChI=1S/C12H11N3O2/c1-17-12-14-6-9(7-15-12)11-4-10(16)3-2-8(11)5-13/h4,6-8H,2-3H2,1H3. The third-order valence-electron chi connectivity index (χ3n) is 2.67. The number of ether oxygens (including phenoxy) is 1. The Balaban J connectivity index is 2.36. The van der Waals surface area contributed by atoms with Crippen LogP contribution in [0.15, 0.2) is 18.5 Å². The maximum Gasteiger partial charge on any atom is 0.316 e. The zero-order valence-electron chi connectivity index (χ0n) is 9.38. The van der Waals surface area contributed by atoms with Gasteiger partial charge >= 0.3 is 6.01 Å². The van der Waals surface area contributed by atoms with Crippen molar-refractivity contribution in [2.45, 2.75) is 12.8 Å². The minimum atomic E-state index is -0.260. The van der Waals surface area contributed by atoms with Crippen LogP contribution in [0.2, 0.25) is 0 Å². The van der Waals surface area contributed by atoms with Gasteiger partial charge in [-0.3, -0.25) is 4.79 Å². The van der Waals surface area contributed by atoms with E-state index < -0.39 is 0 Å². The Morgan fingerprint density at radius 1 is 1.47 bits per heavy atom. The minimum absolute atomic E-state index is 0.0438. The molecule has 1 aromatic heterocycles. The second-order valence-corrected chi connectivity index (χ2v) is 3.74. The lowest BCUT2D eigenvalue weighted by Gasteiger charge is -2.17. The van der Waals surface area contributed by atoms with Crippen molar-refractivity contribution in [1.82, 2.24) is 9.97 Å². The molecule has 5 heteroatoms. The Kier molecular flexibility index (Phi) is 3.15. The van der Waals surface area contributed by atoms with E-state index in [1.807, 2.05) is 0 Å². The van der Waals surface area contributed by atoms with Gasteiger partial charge in [-0.1, -0.05) is 0 Å². The highest BCUT2D eigenvalue weighted by atomic mass is 16.5. The summed E-state index contributed by atoms with van der Waals surface area (Å²) in [5, 5.41) is 9.04. The molecule has 0 fully saturated rings. The number of hydrogen-bond acceptors (Lipinski definition) is 5. The molecule has 1 aliphatic rings. The average molecular weight is 229 g/mol. The lowest BCUT2D eigenvalue weighted by molar-refractivity contribution is -0.115. The summed E-state index contributed by atoms with van der Waals surface area (Å²) in [4.78, 5) is 19.3. The van der Waals surface area contributed by atoms with E-state index in [2.05, 4.69) is 16.0 Å². The molecule has 5 nitrogen and oxygen atoms in total. The van der Waals surface area contributed by atoms with Gasteiger partial charge in [-0.15, -0.1) is 0 Å². The number of carbonyl (C=O) groups excluding carboxylic acids is 1. The third kappa shape index (κ3) is 2.31. The van der Waals surface area contributed by atoms with Gasteiger partial charge < -0.3 is 4.74 Å². The van der Waals surface area contributed by atoms with Gasteiger partial charge in [0, 0.05) is 24.4 Å². The number of ketones is 1. The molecule has 0 amide bonds. The van der Waals surface area contributed by atoms with Crippen LogP contribution in [0.5, 0.6) is 6.01 Å². The van der Waals surface area contributed by atoms with E-state index >= 15 is 0 Å². The zero-order chi connectivity index (χ0) is 12.3. The number of carbonyl (C=O) groups is 1. The van der Waals surface area contributed by atoms with Crippen LogP contribution in [-0.2, 0) is 4.79 Å². The molecular formula is C12H11N3O2. The predicted octanol–water partition coefficient (Wildman–Crippen LogP) is 1.37. The summed E-state index contributed by atoms with van der Waals surface area (Å²) in [7, 11) is 1.48. The van der Waals surface area contributed by atoms with Gasteiger partial charge in [0.15, 0.2) is 5.78 Å². The van der Waals surface area contributed by atoms with Crippen LogP contribution in [0.3, 0.4) is 0 Å². The summed E-state index contributed by atoms with van der Waals surface area (Å²) in [6, 6.07) is 2.46. The van der Waals surface area contributed by atoms with Crippen molar-refractivity contribution >= 4 is 11.4 Å². The van der Waals surface area contributed by atoms with Gasteiger partial charge in [0.2, 0.25) is 0 Å². The number of methoxy groups -OCH3 is 1. The van der Waals surface area contributed by atoms with Crippen LogP contribution in [0.1, 0.15) is 18.4 Å². The predicted molar refractivity (Wildman–Crippen MR) is 59.9 cm³/mol. The molecule has 0 N–H and O–H groups in total. The van der Waals surface area contributed by atoms with Crippen molar-refractivity contribution in [2.24, 2.45) is 5.92 Å². The van der Waals surface area contributed by atoms with Gasteiger partial charge in [0.05, 0.1) is 19.1 Å². The van der Waals surface area contributed by atoms with E-state index in [1.54, 1.807) is 12.4 Å². The lowest BCUT2D eigenvalue weighted by atomic mass is 9.85. The van der Waals surface area contributed by atoms with Crippen molar-refractivity contribution in [1.29, 1.82) is 5.26 Å². The largest absolute Gasteiger partial charge is 0.467 e. The van der Waals surface area contributed by atoms with Crippen molar-refractivity contribution in [3.8, 4) is 12.1 Å². The fourth-order valence-electron chi connectivity index (χ4n) is 1.78. The van der Waals surface area contributed by atoms with Crippen LogP contribution in [-0.4, -0.2) is 22.9 Å². The topological polar surface area (TPSA) is 75.9 Å². The minimum Gasteiger partial charge on any atom is -0.467 e. The summed E-state index contributed by atoms with van der Waals surface area (Å²) in [6.45, 7) is 0. The third-order valence-corrected chi connectivity index (χ3v) is 2.67. The van der Waals surface area contributed by atoms with E-state index in [1.165, 1.54) is 13.2 Å². The Labute approximate surface area is 98.8 Å². The first-order valence-electron chi connectivity index (χ1n) is 5.25. The molecule has 0 spiro atoms. The summed E-state index contributed by atoms with van der Waals surface area (Å²) in [6.07, 6.45) is 5.65. The highest BCUT2D eigenvalue weighted by molar-refractivity contribution is 5.99. The molecule has 0 bridgehead atoms. The molecule has 0 radical (unpaired) electrons. The molecule has 0 aromatic carbocycles. The summed E-state index contributed by atoms with van der Waals surface area (Å²) in [5.41, 5.74) is 1.40. The summed E-state index contributed by atoms with van der Waals surface area (Å²) >= 11 is 0. The Hall–Kier alpha value is -2.22. The fraction of sp³-hybridized carbons (Fsp3) is 0.333. The molecule has 0 aliphatic heterocycles. The molecule has 1 aromatic rings. The number of nitrogens with zero attached hydrogens (tertiary/aromatic N) is 3. The second kappa shape index (κ2) is 4.74. The van der Waals surface area contributed by atoms with Crippen molar-refractivity contribution < 1.29 is 9.53 Å². The maximum atomic E-state index is 11.4. The highest BCUT2D eigenvalue weighted by Gasteiger charge is 2.22. The van der Waals surface area contributed by atoms with Gasteiger partial charge in [-0.05, 0) is 18.1 Å². The smallest absolute Gasteiger partial charge is 0.316 e. The quantitative estimate of drug-likeness (QED) is 0.765. The van der Waals surface area contributed by atoms with Crippen LogP contribution in [0.25, 0.3) is 5.57 Å². The fourth-order valence-corrected chi connectivity index (χ4v) is 1.78. The molecule has 0 saturated heterocycles. The SMILES string of the molecule is COc1ncc(C2=CC(=O)CCC2C#N)cn1. The molecule has 86 valence electrons. The summed E-state index contributed by atoms with van der Waals surface area (Å²) in [5.74, 6) is -0.216. The zero-order valence-corrected chi connectivity index (χ0v) is 9.38. The van der Waals surface area contributed by atoms with Crippen LogP contribution < -0.4 is 4.74 Å². The van der Waals surface area contributed by atoms with Crippen molar-refractivity contribution in [3.05, 3.63) is 24.0 Å². The first kappa shape index (κ1) is 11.3. The van der Waals surface area contributed by atoms with Crippen molar-refractivity contribution in [3.63, 3.8) is 0 Å². The monoisotopic (exact) mass is 229 g/mol. The Morgan fingerprint density at radius 3 is 2.76 bits per heavy atom. The Bertz CT molecular complexity index is 499. The molecule has 17 heavy (non-hydrogen) atoms. The molecule has 1 heterocycles. The molecular weight excluding hydrogens is 218 g/mol.